The molecule has 0 saturated carbocycles. The van der Waals surface area contributed by atoms with Crippen LogP contribution >= 0.6 is 11.6 Å². The van der Waals surface area contributed by atoms with Crippen molar-refractivity contribution in [3.63, 3.8) is 0 Å². The lowest BCUT2D eigenvalue weighted by atomic mass is 10.1. The standard InChI is InChI=1S/C14H17ClN2O/c1-8-4-14(18-3)12(15)6-11(8)13-5-10(7-16)9(2)17-13/h4-6,17H,7,16H2,1-3H3. The van der Waals surface area contributed by atoms with Crippen LogP contribution in [-0.4, -0.2) is 12.1 Å². The van der Waals surface area contributed by atoms with Gasteiger partial charge in [-0.2, -0.15) is 0 Å². The number of ether oxygens (including phenoxy) is 1. The van der Waals surface area contributed by atoms with Crippen LogP contribution in [0, 0.1) is 13.8 Å². The second kappa shape index (κ2) is 5.04. The van der Waals surface area contributed by atoms with E-state index in [1.807, 2.05) is 26.0 Å². The van der Waals surface area contributed by atoms with Gasteiger partial charge in [0.05, 0.1) is 12.1 Å². The summed E-state index contributed by atoms with van der Waals surface area (Å²) >= 11 is 6.17. The SMILES string of the molecule is COc1cc(C)c(-c2cc(CN)c(C)[nH]2)cc1Cl. The van der Waals surface area contributed by atoms with Crippen molar-refractivity contribution in [3.05, 3.63) is 40.0 Å². The molecule has 1 aromatic carbocycles. The first-order valence-electron chi connectivity index (χ1n) is 5.80. The van der Waals surface area contributed by atoms with Crippen molar-refractivity contribution in [1.82, 2.24) is 4.98 Å². The number of aromatic nitrogens is 1. The maximum Gasteiger partial charge on any atom is 0.137 e. The first kappa shape index (κ1) is 13.0. The number of aromatic amines is 1. The van der Waals surface area contributed by atoms with Gasteiger partial charge in [0.25, 0.3) is 0 Å². The number of nitrogens with one attached hydrogen (secondary N) is 1. The summed E-state index contributed by atoms with van der Waals surface area (Å²) in [5.41, 5.74) is 11.1. The number of halogens is 1. The summed E-state index contributed by atoms with van der Waals surface area (Å²) in [4.78, 5) is 3.34. The summed E-state index contributed by atoms with van der Waals surface area (Å²) in [7, 11) is 1.62. The van der Waals surface area contributed by atoms with Crippen LogP contribution in [0.2, 0.25) is 5.02 Å². The molecule has 0 bridgehead atoms. The highest BCUT2D eigenvalue weighted by Gasteiger charge is 2.11. The van der Waals surface area contributed by atoms with Gasteiger partial charge < -0.3 is 15.5 Å². The Bertz CT molecular complexity index is 575. The Morgan fingerprint density at radius 1 is 1.28 bits per heavy atom. The number of hydrogen-bond acceptors (Lipinski definition) is 2. The van der Waals surface area contributed by atoms with Gasteiger partial charge in [-0.05, 0) is 43.2 Å². The first-order chi connectivity index (χ1) is 8.56. The Morgan fingerprint density at radius 3 is 2.56 bits per heavy atom. The molecule has 1 heterocycles. The molecular weight excluding hydrogens is 248 g/mol. The van der Waals surface area contributed by atoms with Crippen molar-refractivity contribution in [2.45, 2.75) is 20.4 Å². The molecule has 96 valence electrons. The highest BCUT2D eigenvalue weighted by atomic mass is 35.5. The third-order valence-electron chi connectivity index (χ3n) is 3.13. The van der Waals surface area contributed by atoms with Crippen LogP contribution in [0.25, 0.3) is 11.3 Å². The van der Waals surface area contributed by atoms with Gasteiger partial charge in [0.1, 0.15) is 5.75 Å². The lowest BCUT2D eigenvalue weighted by molar-refractivity contribution is 0.415. The Kier molecular flexibility index (Phi) is 3.64. The van der Waals surface area contributed by atoms with E-state index in [1.54, 1.807) is 7.11 Å². The van der Waals surface area contributed by atoms with E-state index in [0.717, 1.165) is 28.1 Å². The number of rotatable bonds is 3. The smallest absolute Gasteiger partial charge is 0.137 e. The summed E-state index contributed by atoms with van der Waals surface area (Å²) in [5, 5.41) is 0.611. The number of hydrogen-bond donors (Lipinski definition) is 2. The number of benzene rings is 1. The van der Waals surface area contributed by atoms with E-state index in [-0.39, 0.29) is 0 Å². The fraction of sp³-hybridized carbons (Fsp3) is 0.286. The molecule has 0 spiro atoms. The van der Waals surface area contributed by atoms with Gasteiger partial charge in [0.15, 0.2) is 0 Å². The third kappa shape index (κ3) is 2.24. The van der Waals surface area contributed by atoms with Gasteiger partial charge in [-0.1, -0.05) is 11.6 Å². The molecule has 0 saturated heterocycles. The Labute approximate surface area is 112 Å². The van der Waals surface area contributed by atoms with Crippen LogP contribution in [0.5, 0.6) is 5.75 Å². The maximum absolute atomic E-state index is 6.17. The molecule has 3 nitrogen and oxygen atoms in total. The van der Waals surface area contributed by atoms with Crippen LogP contribution in [-0.2, 0) is 6.54 Å². The van der Waals surface area contributed by atoms with E-state index >= 15 is 0 Å². The molecule has 3 N–H and O–H groups in total. The Balaban J connectivity index is 2.53. The number of nitrogens with two attached hydrogens (primary N) is 1. The molecule has 0 radical (unpaired) electrons. The minimum Gasteiger partial charge on any atom is -0.495 e. The predicted molar refractivity (Wildman–Crippen MR) is 75.2 cm³/mol. The van der Waals surface area contributed by atoms with Crippen LogP contribution in [0.4, 0.5) is 0 Å². The highest BCUT2D eigenvalue weighted by Crippen LogP contribution is 2.33. The fourth-order valence-corrected chi connectivity index (χ4v) is 2.30. The van der Waals surface area contributed by atoms with E-state index in [4.69, 9.17) is 22.1 Å². The van der Waals surface area contributed by atoms with Crippen LogP contribution in [0.3, 0.4) is 0 Å². The van der Waals surface area contributed by atoms with Crippen molar-refractivity contribution in [2.24, 2.45) is 5.73 Å². The fourth-order valence-electron chi connectivity index (χ4n) is 2.06. The first-order valence-corrected chi connectivity index (χ1v) is 6.17. The van der Waals surface area contributed by atoms with Crippen molar-refractivity contribution >= 4 is 11.6 Å². The Morgan fingerprint density at radius 2 is 2.00 bits per heavy atom. The van der Waals surface area contributed by atoms with Crippen molar-refractivity contribution in [3.8, 4) is 17.0 Å². The molecule has 0 aliphatic heterocycles. The van der Waals surface area contributed by atoms with E-state index < -0.39 is 0 Å². The normalized spacial score (nSPS) is 10.7. The zero-order valence-corrected chi connectivity index (χ0v) is 11.6. The molecule has 0 fully saturated rings. The molecule has 0 amide bonds. The quantitative estimate of drug-likeness (QED) is 0.892. The molecule has 0 aliphatic carbocycles. The third-order valence-corrected chi connectivity index (χ3v) is 3.43. The minimum atomic E-state index is 0.533. The molecule has 0 atom stereocenters. The van der Waals surface area contributed by atoms with Gasteiger partial charge in [-0.15, -0.1) is 0 Å². The Hall–Kier alpha value is -1.45. The minimum absolute atomic E-state index is 0.533. The lowest BCUT2D eigenvalue weighted by Gasteiger charge is -2.09. The van der Waals surface area contributed by atoms with Crippen molar-refractivity contribution in [2.75, 3.05) is 7.11 Å². The van der Waals surface area contributed by atoms with Crippen LogP contribution < -0.4 is 10.5 Å². The van der Waals surface area contributed by atoms with Gasteiger partial charge in [0.2, 0.25) is 0 Å². The molecule has 4 heteroatoms. The molecular formula is C14H17ClN2O. The van der Waals surface area contributed by atoms with Gasteiger partial charge in [-0.3, -0.25) is 0 Å². The zero-order chi connectivity index (χ0) is 13.3. The van der Waals surface area contributed by atoms with E-state index in [0.29, 0.717) is 17.3 Å². The van der Waals surface area contributed by atoms with Gasteiger partial charge >= 0.3 is 0 Å². The maximum atomic E-state index is 6.17. The molecule has 0 aliphatic rings. The molecule has 0 unspecified atom stereocenters. The van der Waals surface area contributed by atoms with Crippen LogP contribution in [0.15, 0.2) is 18.2 Å². The highest BCUT2D eigenvalue weighted by molar-refractivity contribution is 6.32. The zero-order valence-electron chi connectivity index (χ0n) is 10.8. The summed E-state index contributed by atoms with van der Waals surface area (Å²) in [5.74, 6) is 0.695. The molecule has 2 aromatic rings. The van der Waals surface area contributed by atoms with Crippen molar-refractivity contribution in [1.29, 1.82) is 0 Å². The molecule has 2 rings (SSSR count). The van der Waals surface area contributed by atoms with Gasteiger partial charge in [0, 0.05) is 23.5 Å². The van der Waals surface area contributed by atoms with E-state index in [9.17, 15) is 0 Å². The number of H-pyrrole nitrogens is 1. The van der Waals surface area contributed by atoms with E-state index in [2.05, 4.69) is 11.1 Å². The largest absolute Gasteiger partial charge is 0.495 e. The summed E-state index contributed by atoms with van der Waals surface area (Å²) in [6, 6.07) is 5.93. The van der Waals surface area contributed by atoms with Crippen LogP contribution in [0.1, 0.15) is 16.8 Å². The lowest BCUT2D eigenvalue weighted by Crippen LogP contribution is -1.95. The average molecular weight is 265 g/mol. The van der Waals surface area contributed by atoms with Crippen molar-refractivity contribution < 1.29 is 4.74 Å². The summed E-state index contributed by atoms with van der Waals surface area (Å²) in [6.07, 6.45) is 0. The predicted octanol–water partition coefficient (Wildman–Crippen LogP) is 3.42. The summed E-state index contributed by atoms with van der Waals surface area (Å²) < 4.78 is 5.20. The number of aryl methyl sites for hydroxylation is 2. The average Bonchev–Trinajstić information content (AvgIpc) is 2.72. The second-order valence-corrected chi connectivity index (χ2v) is 4.75. The molecule has 1 aromatic heterocycles. The second-order valence-electron chi connectivity index (χ2n) is 4.34. The topological polar surface area (TPSA) is 51.0 Å². The summed E-state index contributed by atoms with van der Waals surface area (Å²) in [6.45, 7) is 4.59. The van der Waals surface area contributed by atoms with E-state index in [1.165, 1.54) is 0 Å². The van der Waals surface area contributed by atoms with Gasteiger partial charge in [-0.25, -0.2) is 0 Å². The number of methoxy groups -OCH3 is 1. The molecule has 18 heavy (non-hydrogen) atoms. The monoisotopic (exact) mass is 264 g/mol.